The van der Waals surface area contributed by atoms with Gasteiger partial charge in [-0.1, -0.05) is 43.7 Å². The molecule has 36 heavy (non-hydrogen) atoms. The smallest absolute Gasteiger partial charge is 0.292 e. The summed E-state index contributed by atoms with van der Waals surface area (Å²) in [7, 11) is 0. The van der Waals surface area contributed by atoms with Crippen LogP contribution in [0.2, 0.25) is 0 Å². The number of hydrogen-bond donors (Lipinski definition) is 1. The number of rotatable bonds is 9. The van der Waals surface area contributed by atoms with Crippen LogP contribution in [0.5, 0.6) is 0 Å². The van der Waals surface area contributed by atoms with Gasteiger partial charge in [-0.05, 0) is 48.7 Å². The zero-order valence-electron chi connectivity index (χ0n) is 20.7. The lowest BCUT2D eigenvalue weighted by atomic mass is 10.0. The molecule has 0 atom stereocenters. The van der Waals surface area contributed by atoms with Crippen molar-refractivity contribution in [2.24, 2.45) is 0 Å². The fourth-order valence-electron chi connectivity index (χ4n) is 4.36. The van der Waals surface area contributed by atoms with Crippen molar-refractivity contribution in [2.45, 2.75) is 52.6 Å². The van der Waals surface area contributed by atoms with Crippen molar-refractivity contribution in [3.05, 3.63) is 82.8 Å². The standard InChI is InChI=1S/C26H29N9O/c1-4-5-8-20-17-34(24-13-14-28-35(24)18(2)3)26(36)33(20)16-19-11-12-23(27-15-19)21-9-6-7-10-22(21)25-29-31-32-30-25/h6-7,9-15,17-18H,4-5,8,16H2,1-3H3,(H,29,30,31,32). The molecule has 0 saturated heterocycles. The van der Waals surface area contributed by atoms with E-state index in [-0.39, 0.29) is 11.7 Å². The molecule has 0 unspecified atom stereocenters. The first-order valence-electron chi connectivity index (χ1n) is 12.2. The predicted octanol–water partition coefficient (Wildman–Crippen LogP) is 4.05. The minimum Gasteiger partial charge on any atom is -0.292 e. The molecule has 0 saturated carbocycles. The third-order valence-corrected chi connectivity index (χ3v) is 6.20. The normalized spacial score (nSPS) is 11.4. The molecule has 0 bridgehead atoms. The maximum absolute atomic E-state index is 13.5. The molecule has 0 amide bonds. The maximum atomic E-state index is 13.5. The quantitative estimate of drug-likeness (QED) is 0.338. The molecule has 0 aliphatic carbocycles. The molecule has 10 nitrogen and oxygen atoms in total. The molecule has 4 aromatic heterocycles. The first-order chi connectivity index (χ1) is 17.6. The van der Waals surface area contributed by atoms with Gasteiger partial charge in [0, 0.05) is 41.3 Å². The average molecular weight is 484 g/mol. The van der Waals surface area contributed by atoms with Gasteiger partial charge in [0.15, 0.2) is 5.82 Å². The van der Waals surface area contributed by atoms with E-state index in [1.54, 1.807) is 10.8 Å². The average Bonchev–Trinajstić information content (AvgIpc) is 3.65. The molecule has 1 N–H and O–H groups in total. The molecule has 5 aromatic rings. The number of aromatic nitrogens is 9. The fourth-order valence-corrected chi connectivity index (χ4v) is 4.36. The molecule has 184 valence electrons. The van der Waals surface area contributed by atoms with E-state index in [9.17, 15) is 4.79 Å². The van der Waals surface area contributed by atoms with Crippen LogP contribution in [0.3, 0.4) is 0 Å². The summed E-state index contributed by atoms with van der Waals surface area (Å²) in [4.78, 5) is 18.2. The highest BCUT2D eigenvalue weighted by Gasteiger charge is 2.17. The number of benzene rings is 1. The zero-order valence-corrected chi connectivity index (χ0v) is 20.7. The Labute approximate surface area is 208 Å². The van der Waals surface area contributed by atoms with Crippen molar-refractivity contribution < 1.29 is 0 Å². The summed E-state index contributed by atoms with van der Waals surface area (Å²) >= 11 is 0. The second-order valence-electron chi connectivity index (χ2n) is 9.04. The Morgan fingerprint density at radius 3 is 2.58 bits per heavy atom. The summed E-state index contributed by atoms with van der Waals surface area (Å²) in [5.41, 5.74) is 4.49. The lowest BCUT2D eigenvalue weighted by Crippen LogP contribution is -2.26. The van der Waals surface area contributed by atoms with Gasteiger partial charge in [0.2, 0.25) is 0 Å². The van der Waals surface area contributed by atoms with Gasteiger partial charge in [0.25, 0.3) is 0 Å². The van der Waals surface area contributed by atoms with Gasteiger partial charge in [-0.15, -0.1) is 5.10 Å². The molecule has 0 aliphatic rings. The molecule has 1 aromatic carbocycles. The first-order valence-corrected chi connectivity index (χ1v) is 12.2. The number of tetrazole rings is 1. The minimum absolute atomic E-state index is 0.0734. The van der Waals surface area contributed by atoms with Crippen LogP contribution in [0.15, 0.2) is 65.8 Å². The SMILES string of the molecule is CCCCc1cn(-c2ccnn2C(C)C)c(=O)n1Cc1ccc(-c2ccccc2-c2nnn[nH]2)nc1. The molecular weight excluding hydrogens is 454 g/mol. The highest BCUT2D eigenvalue weighted by Crippen LogP contribution is 2.28. The number of hydrogen-bond acceptors (Lipinski definition) is 6. The molecule has 10 heteroatoms. The van der Waals surface area contributed by atoms with E-state index in [4.69, 9.17) is 4.98 Å². The Morgan fingerprint density at radius 1 is 1.06 bits per heavy atom. The number of pyridine rings is 1. The topological polar surface area (TPSA) is 112 Å². The van der Waals surface area contributed by atoms with Crippen LogP contribution >= 0.6 is 0 Å². The fraction of sp³-hybridized carbons (Fsp3) is 0.308. The Hall–Kier alpha value is -4.34. The van der Waals surface area contributed by atoms with E-state index in [1.165, 1.54) is 0 Å². The summed E-state index contributed by atoms with van der Waals surface area (Å²) in [6.07, 6.45) is 8.42. The number of aromatic amines is 1. The van der Waals surface area contributed by atoms with Crippen LogP contribution in [0.4, 0.5) is 0 Å². The van der Waals surface area contributed by atoms with E-state index in [2.05, 4.69) is 46.5 Å². The summed E-state index contributed by atoms with van der Waals surface area (Å²) in [5, 5.41) is 18.6. The van der Waals surface area contributed by atoms with Crippen LogP contribution in [0, 0.1) is 0 Å². The van der Waals surface area contributed by atoms with Crippen molar-refractivity contribution in [3.8, 4) is 28.5 Å². The van der Waals surface area contributed by atoms with Gasteiger partial charge in [0.1, 0.15) is 5.82 Å². The van der Waals surface area contributed by atoms with Crippen LogP contribution in [-0.4, -0.2) is 44.5 Å². The molecule has 5 rings (SSSR count). The molecule has 0 fully saturated rings. The highest BCUT2D eigenvalue weighted by molar-refractivity contribution is 5.78. The van der Waals surface area contributed by atoms with Crippen molar-refractivity contribution >= 4 is 0 Å². The van der Waals surface area contributed by atoms with E-state index in [1.807, 2.05) is 64.1 Å². The summed E-state index contributed by atoms with van der Waals surface area (Å²) in [6.45, 7) is 6.71. The van der Waals surface area contributed by atoms with Crippen molar-refractivity contribution in [3.63, 3.8) is 0 Å². The van der Waals surface area contributed by atoms with Crippen molar-refractivity contribution in [1.29, 1.82) is 0 Å². The number of nitrogens with zero attached hydrogens (tertiary/aromatic N) is 8. The minimum atomic E-state index is -0.0734. The lowest BCUT2D eigenvalue weighted by molar-refractivity contribution is 0.518. The van der Waals surface area contributed by atoms with Gasteiger partial charge in [-0.3, -0.25) is 14.1 Å². The molecule has 0 aliphatic heterocycles. The van der Waals surface area contributed by atoms with Crippen LogP contribution in [0.25, 0.3) is 28.5 Å². The van der Waals surface area contributed by atoms with E-state index < -0.39 is 0 Å². The third-order valence-electron chi connectivity index (χ3n) is 6.20. The number of nitrogens with one attached hydrogen (secondary N) is 1. The second kappa shape index (κ2) is 10.1. The molecule has 4 heterocycles. The van der Waals surface area contributed by atoms with Crippen LogP contribution in [0.1, 0.15) is 50.9 Å². The number of unbranched alkanes of at least 4 members (excludes halogenated alkanes) is 1. The van der Waals surface area contributed by atoms with Gasteiger partial charge in [0.05, 0.1) is 18.4 Å². The molecular formula is C26H29N9O. The summed E-state index contributed by atoms with van der Waals surface area (Å²) in [5.74, 6) is 1.36. The van der Waals surface area contributed by atoms with E-state index in [0.717, 1.165) is 53.2 Å². The Morgan fingerprint density at radius 2 is 1.89 bits per heavy atom. The monoisotopic (exact) mass is 483 g/mol. The summed E-state index contributed by atoms with van der Waals surface area (Å²) in [6, 6.07) is 13.9. The number of H-pyrrole nitrogens is 1. The third kappa shape index (κ3) is 4.49. The van der Waals surface area contributed by atoms with Gasteiger partial charge < -0.3 is 0 Å². The van der Waals surface area contributed by atoms with Crippen molar-refractivity contribution in [2.75, 3.05) is 0 Å². The van der Waals surface area contributed by atoms with Crippen LogP contribution in [-0.2, 0) is 13.0 Å². The zero-order chi connectivity index (χ0) is 25.1. The summed E-state index contributed by atoms with van der Waals surface area (Å²) < 4.78 is 5.42. The van der Waals surface area contributed by atoms with E-state index >= 15 is 0 Å². The molecule has 0 spiro atoms. The van der Waals surface area contributed by atoms with E-state index in [0.29, 0.717) is 12.4 Å². The Balaban J connectivity index is 1.47. The van der Waals surface area contributed by atoms with Gasteiger partial charge in [-0.2, -0.15) is 5.10 Å². The maximum Gasteiger partial charge on any atom is 0.334 e. The second-order valence-corrected chi connectivity index (χ2v) is 9.04. The highest BCUT2D eigenvalue weighted by atomic mass is 16.1. The van der Waals surface area contributed by atoms with Crippen molar-refractivity contribution in [1.82, 2.24) is 44.5 Å². The first kappa shape index (κ1) is 23.4. The Bertz CT molecular complexity index is 1490. The van der Waals surface area contributed by atoms with Gasteiger partial charge in [-0.25, -0.2) is 14.6 Å². The Kier molecular flexibility index (Phi) is 6.57. The largest absolute Gasteiger partial charge is 0.334 e. The lowest BCUT2D eigenvalue weighted by Gasteiger charge is -2.10. The number of aryl methyl sites for hydroxylation is 1. The van der Waals surface area contributed by atoms with Crippen LogP contribution < -0.4 is 5.69 Å². The molecule has 0 radical (unpaired) electrons. The predicted molar refractivity (Wildman–Crippen MR) is 137 cm³/mol. The number of imidazole rings is 1. The van der Waals surface area contributed by atoms with Gasteiger partial charge >= 0.3 is 5.69 Å².